The van der Waals surface area contributed by atoms with Crippen molar-refractivity contribution in [3.05, 3.63) is 71.8 Å². The Kier molecular flexibility index (Phi) is 4.58. The smallest absolute Gasteiger partial charge is 0.411 e. The van der Waals surface area contributed by atoms with Crippen molar-refractivity contribution in [1.82, 2.24) is 9.80 Å². The first-order valence-electron chi connectivity index (χ1n) is 9.10. The summed E-state index contributed by atoms with van der Waals surface area (Å²) in [5.41, 5.74) is 1.90. The van der Waals surface area contributed by atoms with Crippen molar-refractivity contribution in [2.45, 2.75) is 37.7 Å². The minimum atomic E-state index is -0.763. The van der Waals surface area contributed by atoms with Gasteiger partial charge in [-0.05, 0) is 18.1 Å². The summed E-state index contributed by atoms with van der Waals surface area (Å²) in [6.45, 7) is 2.27. The number of benzene rings is 2. The van der Waals surface area contributed by atoms with Crippen LogP contribution in [0.15, 0.2) is 60.7 Å². The molecule has 0 unspecified atom stereocenters. The summed E-state index contributed by atoms with van der Waals surface area (Å²) in [5, 5.41) is 10.3. The lowest BCUT2D eigenvalue weighted by Gasteiger charge is -2.52. The van der Waals surface area contributed by atoms with Crippen LogP contribution >= 0.6 is 0 Å². The van der Waals surface area contributed by atoms with E-state index in [-0.39, 0.29) is 18.6 Å². The van der Waals surface area contributed by atoms with Crippen molar-refractivity contribution in [3.8, 4) is 0 Å². The molecule has 0 aliphatic carbocycles. The van der Waals surface area contributed by atoms with E-state index in [9.17, 15) is 14.7 Å². The monoisotopic (exact) mass is 366 g/mol. The van der Waals surface area contributed by atoms with Gasteiger partial charge in [0.05, 0.1) is 18.2 Å². The van der Waals surface area contributed by atoms with Crippen molar-refractivity contribution in [2.75, 3.05) is 6.61 Å². The Balaban J connectivity index is 1.60. The van der Waals surface area contributed by atoms with Crippen LogP contribution < -0.4 is 0 Å². The molecule has 2 heterocycles. The van der Waals surface area contributed by atoms with Gasteiger partial charge in [0.1, 0.15) is 12.6 Å². The van der Waals surface area contributed by atoms with Crippen LogP contribution in [-0.4, -0.2) is 51.7 Å². The van der Waals surface area contributed by atoms with Gasteiger partial charge in [-0.3, -0.25) is 9.69 Å². The number of aliphatic hydroxyl groups excluding tert-OH is 1. The summed E-state index contributed by atoms with van der Waals surface area (Å²) in [6.07, 6.45) is -1.27. The molecular weight excluding hydrogens is 344 g/mol. The summed E-state index contributed by atoms with van der Waals surface area (Å²) < 4.78 is 5.25. The maximum absolute atomic E-state index is 13.0. The minimum Gasteiger partial charge on any atom is -0.447 e. The normalized spacial score (nSPS) is 25.9. The minimum absolute atomic E-state index is 0.162. The summed E-state index contributed by atoms with van der Waals surface area (Å²) in [7, 11) is 0. The van der Waals surface area contributed by atoms with E-state index in [0.717, 1.165) is 11.1 Å². The molecule has 2 aliphatic rings. The van der Waals surface area contributed by atoms with Gasteiger partial charge >= 0.3 is 6.09 Å². The molecule has 0 bridgehead atoms. The van der Waals surface area contributed by atoms with Crippen molar-refractivity contribution >= 4 is 12.0 Å². The number of amides is 2. The molecule has 0 aromatic heterocycles. The third kappa shape index (κ3) is 3.06. The highest BCUT2D eigenvalue weighted by atomic mass is 16.6. The second-order valence-electron chi connectivity index (χ2n) is 7.04. The highest BCUT2D eigenvalue weighted by Gasteiger charge is 2.57. The first-order chi connectivity index (χ1) is 13.1. The molecule has 2 aliphatic heterocycles. The molecule has 0 spiro atoms. The molecule has 4 rings (SSSR count). The molecule has 140 valence electrons. The van der Waals surface area contributed by atoms with E-state index < -0.39 is 24.3 Å². The van der Waals surface area contributed by atoms with Crippen molar-refractivity contribution in [1.29, 1.82) is 0 Å². The fourth-order valence-corrected chi connectivity index (χ4v) is 3.99. The molecule has 4 atom stereocenters. The van der Waals surface area contributed by atoms with Gasteiger partial charge in [-0.2, -0.15) is 0 Å². The molecule has 0 saturated carbocycles. The van der Waals surface area contributed by atoms with E-state index in [1.165, 1.54) is 4.90 Å². The predicted molar refractivity (Wildman–Crippen MR) is 98.6 cm³/mol. The third-order valence-electron chi connectivity index (χ3n) is 5.30. The lowest BCUT2D eigenvalue weighted by Crippen LogP contribution is -2.73. The van der Waals surface area contributed by atoms with Crippen LogP contribution in [0.2, 0.25) is 0 Å². The zero-order valence-corrected chi connectivity index (χ0v) is 15.1. The number of hydrogen-bond acceptors (Lipinski definition) is 4. The topological polar surface area (TPSA) is 70.1 Å². The average molecular weight is 366 g/mol. The molecule has 1 N–H and O–H groups in total. The number of carbonyl (C=O) groups excluding carboxylic acids is 2. The van der Waals surface area contributed by atoms with Gasteiger partial charge in [-0.15, -0.1) is 0 Å². The second-order valence-corrected chi connectivity index (χ2v) is 7.04. The molecule has 6 nitrogen and oxygen atoms in total. The lowest BCUT2D eigenvalue weighted by molar-refractivity contribution is -0.167. The largest absolute Gasteiger partial charge is 0.447 e. The highest BCUT2D eigenvalue weighted by Crippen LogP contribution is 2.38. The van der Waals surface area contributed by atoms with Crippen LogP contribution in [-0.2, 0) is 16.1 Å². The van der Waals surface area contributed by atoms with Gasteiger partial charge in [0, 0.05) is 6.54 Å². The number of carbonyl (C=O) groups is 2. The van der Waals surface area contributed by atoms with Gasteiger partial charge in [0.15, 0.2) is 0 Å². The van der Waals surface area contributed by atoms with Crippen molar-refractivity contribution in [3.63, 3.8) is 0 Å². The SMILES string of the molecule is C[C@@H](O)[C@@H]1[C@H](N2C(=O)OC[C@@H]2c2ccccc2)C(=O)N1Cc1ccccc1. The Morgan fingerprint density at radius 3 is 2.33 bits per heavy atom. The Bertz CT molecular complexity index is 825. The van der Waals surface area contributed by atoms with Crippen LogP contribution in [0.3, 0.4) is 0 Å². The van der Waals surface area contributed by atoms with Crippen LogP contribution in [0.5, 0.6) is 0 Å². The molecule has 27 heavy (non-hydrogen) atoms. The molecule has 2 amide bonds. The van der Waals surface area contributed by atoms with E-state index in [1.807, 2.05) is 60.7 Å². The van der Waals surface area contributed by atoms with E-state index >= 15 is 0 Å². The predicted octanol–water partition coefficient (Wildman–Crippen LogP) is 2.34. The molecule has 2 fully saturated rings. The number of hydrogen-bond donors (Lipinski definition) is 1. The molecule has 6 heteroatoms. The first-order valence-corrected chi connectivity index (χ1v) is 9.10. The summed E-state index contributed by atoms with van der Waals surface area (Å²) in [5.74, 6) is -0.162. The van der Waals surface area contributed by atoms with E-state index in [4.69, 9.17) is 4.74 Å². The standard InChI is InChI=1S/C21H22N2O4/c1-14(24)18-19(20(25)22(18)12-15-8-4-2-5-9-15)23-17(13-27-21(23)26)16-10-6-3-7-11-16/h2-11,14,17-19,24H,12-13H2,1H3/t14-,17-,18-,19+/m1/s1. The molecule has 2 saturated heterocycles. The van der Waals surface area contributed by atoms with Crippen molar-refractivity contribution in [2.24, 2.45) is 0 Å². The first kappa shape index (κ1) is 17.5. The second kappa shape index (κ2) is 7.04. The fraction of sp³-hybridized carbons (Fsp3) is 0.333. The summed E-state index contributed by atoms with van der Waals surface area (Å²) in [4.78, 5) is 28.5. The molecule has 2 aromatic carbocycles. The highest BCUT2D eigenvalue weighted by molar-refractivity contribution is 5.93. The number of cyclic esters (lactones) is 1. The number of ether oxygens (including phenoxy) is 1. The Morgan fingerprint density at radius 2 is 1.70 bits per heavy atom. The zero-order chi connectivity index (χ0) is 19.0. The van der Waals surface area contributed by atoms with Crippen molar-refractivity contribution < 1.29 is 19.4 Å². The number of likely N-dealkylation sites (tertiary alicyclic amines) is 1. The fourth-order valence-electron chi connectivity index (χ4n) is 3.99. The maximum Gasteiger partial charge on any atom is 0.411 e. The Labute approximate surface area is 158 Å². The zero-order valence-electron chi connectivity index (χ0n) is 15.1. The van der Waals surface area contributed by atoms with Crippen LogP contribution in [0.4, 0.5) is 4.79 Å². The lowest BCUT2D eigenvalue weighted by atomic mass is 9.87. The van der Waals surface area contributed by atoms with Crippen LogP contribution in [0.25, 0.3) is 0 Å². The molecular formula is C21H22N2O4. The van der Waals surface area contributed by atoms with E-state index in [2.05, 4.69) is 0 Å². The van der Waals surface area contributed by atoms with Gasteiger partial charge in [-0.25, -0.2) is 4.79 Å². The Hall–Kier alpha value is -2.86. The number of nitrogens with zero attached hydrogens (tertiary/aromatic N) is 2. The number of β-lactam (4-membered cyclic amide) rings is 1. The number of aliphatic hydroxyl groups is 1. The Morgan fingerprint density at radius 1 is 1.07 bits per heavy atom. The molecule has 0 radical (unpaired) electrons. The average Bonchev–Trinajstić information content (AvgIpc) is 3.06. The summed E-state index contributed by atoms with van der Waals surface area (Å²) in [6, 6.07) is 17.7. The quantitative estimate of drug-likeness (QED) is 0.825. The van der Waals surface area contributed by atoms with Gasteiger partial charge in [0.25, 0.3) is 0 Å². The third-order valence-corrected chi connectivity index (χ3v) is 5.30. The van der Waals surface area contributed by atoms with Gasteiger partial charge < -0.3 is 14.7 Å². The van der Waals surface area contributed by atoms with E-state index in [1.54, 1.807) is 11.8 Å². The van der Waals surface area contributed by atoms with Gasteiger partial charge in [0.2, 0.25) is 5.91 Å². The number of rotatable bonds is 5. The summed E-state index contributed by atoms with van der Waals surface area (Å²) >= 11 is 0. The van der Waals surface area contributed by atoms with Crippen LogP contribution in [0.1, 0.15) is 24.1 Å². The van der Waals surface area contributed by atoms with Gasteiger partial charge in [-0.1, -0.05) is 60.7 Å². The molecule has 2 aromatic rings. The maximum atomic E-state index is 13.0. The van der Waals surface area contributed by atoms with E-state index in [0.29, 0.717) is 6.54 Å². The van der Waals surface area contributed by atoms with Crippen LogP contribution in [0, 0.1) is 0 Å².